The van der Waals surface area contributed by atoms with Crippen molar-refractivity contribution in [2.75, 3.05) is 20.4 Å². The molecular formula is C7H15O5P. The standard InChI is InChI=1S/C7H15O5P/c1-5-11-7(8)6(2)12-13(4,9)10-3/h6H,5H2,1-4H3. The Balaban J connectivity index is 4.07. The molecule has 0 aromatic carbocycles. The smallest absolute Gasteiger partial charge is 0.335 e. The van der Waals surface area contributed by atoms with Crippen molar-refractivity contribution < 1.29 is 23.1 Å². The molecule has 0 aliphatic rings. The molecule has 0 saturated heterocycles. The van der Waals surface area contributed by atoms with Crippen molar-refractivity contribution in [2.24, 2.45) is 0 Å². The Morgan fingerprint density at radius 3 is 2.46 bits per heavy atom. The first kappa shape index (κ1) is 12.6. The van der Waals surface area contributed by atoms with Crippen LogP contribution in [0.5, 0.6) is 0 Å². The minimum Gasteiger partial charge on any atom is -0.464 e. The van der Waals surface area contributed by atoms with Gasteiger partial charge >= 0.3 is 13.6 Å². The van der Waals surface area contributed by atoms with Gasteiger partial charge in [0.15, 0.2) is 6.10 Å². The molecule has 0 aromatic rings. The summed E-state index contributed by atoms with van der Waals surface area (Å²) in [5.74, 6) is -0.540. The molecule has 0 bridgehead atoms. The first-order valence-electron chi connectivity index (χ1n) is 3.91. The number of hydrogen-bond donors (Lipinski definition) is 0. The quantitative estimate of drug-likeness (QED) is 0.507. The third-order valence-electron chi connectivity index (χ3n) is 1.30. The molecule has 0 amide bonds. The van der Waals surface area contributed by atoms with Gasteiger partial charge in [0.1, 0.15) is 0 Å². The second kappa shape index (κ2) is 5.37. The Kier molecular flexibility index (Phi) is 5.21. The second-order valence-electron chi connectivity index (χ2n) is 2.45. The van der Waals surface area contributed by atoms with Gasteiger partial charge in [-0.2, -0.15) is 0 Å². The molecule has 2 atom stereocenters. The molecule has 0 spiro atoms. The van der Waals surface area contributed by atoms with Crippen molar-refractivity contribution in [3.8, 4) is 0 Å². The van der Waals surface area contributed by atoms with Crippen LogP contribution in [0.2, 0.25) is 0 Å². The number of carbonyl (C=O) groups is 1. The molecule has 0 radical (unpaired) electrons. The van der Waals surface area contributed by atoms with E-state index in [4.69, 9.17) is 4.52 Å². The number of rotatable bonds is 5. The molecular weight excluding hydrogens is 195 g/mol. The fourth-order valence-electron chi connectivity index (χ4n) is 0.633. The number of carbonyl (C=O) groups excluding carboxylic acids is 1. The van der Waals surface area contributed by atoms with Crippen molar-refractivity contribution >= 4 is 13.6 Å². The molecule has 78 valence electrons. The van der Waals surface area contributed by atoms with Gasteiger partial charge in [-0.25, -0.2) is 4.79 Å². The lowest BCUT2D eigenvalue weighted by Crippen LogP contribution is -2.22. The van der Waals surface area contributed by atoms with Gasteiger partial charge < -0.3 is 9.26 Å². The minimum atomic E-state index is -3.11. The lowest BCUT2D eigenvalue weighted by molar-refractivity contribution is -0.150. The highest BCUT2D eigenvalue weighted by molar-refractivity contribution is 7.53. The van der Waals surface area contributed by atoms with Crippen molar-refractivity contribution in [1.29, 1.82) is 0 Å². The van der Waals surface area contributed by atoms with Crippen molar-refractivity contribution in [2.45, 2.75) is 20.0 Å². The van der Waals surface area contributed by atoms with E-state index in [2.05, 4.69) is 9.26 Å². The average molecular weight is 210 g/mol. The second-order valence-corrected chi connectivity index (χ2v) is 4.57. The Morgan fingerprint density at radius 2 is 2.08 bits per heavy atom. The summed E-state index contributed by atoms with van der Waals surface area (Å²) in [6.07, 6.45) is -0.865. The maximum absolute atomic E-state index is 11.2. The lowest BCUT2D eigenvalue weighted by atomic mass is 10.4. The largest absolute Gasteiger partial charge is 0.464 e. The Hall–Kier alpha value is -0.380. The summed E-state index contributed by atoms with van der Waals surface area (Å²) in [6.45, 7) is 4.72. The van der Waals surface area contributed by atoms with Crippen LogP contribution in [-0.2, 0) is 23.1 Å². The van der Waals surface area contributed by atoms with Gasteiger partial charge in [0, 0.05) is 13.8 Å². The van der Waals surface area contributed by atoms with Gasteiger partial charge in [0.25, 0.3) is 0 Å². The summed E-state index contributed by atoms with van der Waals surface area (Å²) < 4.78 is 25.3. The third kappa shape index (κ3) is 5.03. The van der Waals surface area contributed by atoms with Gasteiger partial charge in [-0.05, 0) is 13.8 Å². The van der Waals surface area contributed by atoms with Crippen LogP contribution in [-0.4, -0.2) is 32.5 Å². The van der Waals surface area contributed by atoms with Crippen molar-refractivity contribution in [3.63, 3.8) is 0 Å². The fourth-order valence-corrected chi connectivity index (χ4v) is 1.38. The monoisotopic (exact) mass is 210 g/mol. The summed E-state index contributed by atoms with van der Waals surface area (Å²) >= 11 is 0. The van der Waals surface area contributed by atoms with E-state index in [9.17, 15) is 9.36 Å². The molecule has 13 heavy (non-hydrogen) atoms. The first-order valence-corrected chi connectivity index (χ1v) is 5.90. The Labute approximate surface area is 77.9 Å². The van der Waals surface area contributed by atoms with E-state index in [1.54, 1.807) is 6.92 Å². The van der Waals surface area contributed by atoms with Crippen LogP contribution in [0.15, 0.2) is 0 Å². The summed E-state index contributed by atoms with van der Waals surface area (Å²) in [7, 11) is -1.85. The highest BCUT2D eigenvalue weighted by Crippen LogP contribution is 2.43. The van der Waals surface area contributed by atoms with E-state index >= 15 is 0 Å². The van der Waals surface area contributed by atoms with Gasteiger partial charge in [0.2, 0.25) is 0 Å². The normalized spacial score (nSPS) is 17.5. The highest BCUT2D eigenvalue weighted by Gasteiger charge is 2.24. The van der Waals surface area contributed by atoms with Crippen LogP contribution in [0, 0.1) is 0 Å². The third-order valence-corrected chi connectivity index (χ3v) is 2.66. The number of ether oxygens (including phenoxy) is 1. The van der Waals surface area contributed by atoms with E-state index in [1.165, 1.54) is 20.7 Å². The molecule has 0 fully saturated rings. The highest BCUT2D eigenvalue weighted by atomic mass is 31.2. The summed E-state index contributed by atoms with van der Waals surface area (Å²) in [5.41, 5.74) is 0. The van der Waals surface area contributed by atoms with Gasteiger partial charge in [-0.1, -0.05) is 0 Å². The maximum atomic E-state index is 11.2. The summed E-state index contributed by atoms with van der Waals surface area (Å²) in [4.78, 5) is 11.0. The molecule has 0 rings (SSSR count). The van der Waals surface area contributed by atoms with Crippen molar-refractivity contribution in [1.82, 2.24) is 0 Å². The molecule has 0 heterocycles. The summed E-state index contributed by atoms with van der Waals surface area (Å²) in [6, 6.07) is 0. The molecule has 0 aliphatic heterocycles. The van der Waals surface area contributed by atoms with E-state index < -0.39 is 19.7 Å². The zero-order valence-corrected chi connectivity index (χ0v) is 9.17. The molecule has 2 unspecified atom stereocenters. The molecule has 0 aromatic heterocycles. The van der Waals surface area contributed by atoms with E-state index in [-0.39, 0.29) is 6.61 Å². The predicted molar refractivity (Wildman–Crippen MR) is 47.7 cm³/mol. The van der Waals surface area contributed by atoms with Crippen molar-refractivity contribution in [3.05, 3.63) is 0 Å². The van der Waals surface area contributed by atoms with E-state index in [0.29, 0.717) is 0 Å². The van der Waals surface area contributed by atoms with Crippen LogP contribution in [0.25, 0.3) is 0 Å². The molecule has 0 N–H and O–H groups in total. The molecule has 6 heteroatoms. The van der Waals surface area contributed by atoms with Gasteiger partial charge in [-0.3, -0.25) is 9.09 Å². The van der Waals surface area contributed by atoms with Gasteiger partial charge in [0.05, 0.1) is 6.61 Å². The zero-order valence-electron chi connectivity index (χ0n) is 8.27. The van der Waals surface area contributed by atoms with Crippen LogP contribution < -0.4 is 0 Å². The molecule has 0 aliphatic carbocycles. The lowest BCUT2D eigenvalue weighted by Gasteiger charge is -2.16. The predicted octanol–water partition coefficient (Wildman–Crippen LogP) is 1.42. The zero-order chi connectivity index (χ0) is 10.5. The first-order chi connectivity index (χ1) is 5.93. The average Bonchev–Trinajstić information content (AvgIpc) is 2.04. The number of esters is 1. The van der Waals surface area contributed by atoms with E-state index in [1.807, 2.05) is 0 Å². The van der Waals surface area contributed by atoms with Crippen LogP contribution in [0.4, 0.5) is 0 Å². The Bertz CT molecular complexity index is 215. The minimum absolute atomic E-state index is 0.271. The Morgan fingerprint density at radius 1 is 1.54 bits per heavy atom. The topological polar surface area (TPSA) is 61.8 Å². The van der Waals surface area contributed by atoms with Crippen LogP contribution in [0.1, 0.15) is 13.8 Å². The van der Waals surface area contributed by atoms with Crippen LogP contribution in [0.3, 0.4) is 0 Å². The number of hydrogen-bond acceptors (Lipinski definition) is 5. The van der Waals surface area contributed by atoms with E-state index in [0.717, 1.165) is 0 Å². The maximum Gasteiger partial charge on any atom is 0.335 e. The SMILES string of the molecule is CCOC(=O)C(C)OP(C)(=O)OC. The fraction of sp³-hybridized carbons (Fsp3) is 0.857. The van der Waals surface area contributed by atoms with Gasteiger partial charge in [-0.15, -0.1) is 0 Å². The molecule has 0 saturated carbocycles. The molecule has 5 nitrogen and oxygen atoms in total. The summed E-state index contributed by atoms with van der Waals surface area (Å²) in [5, 5.41) is 0. The van der Waals surface area contributed by atoms with Crippen LogP contribution >= 0.6 is 7.60 Å².